The number of aromatic amines is 1. The predicted molar refractivity (Wildman–Crippen MR) is 106 cm³/mol. The first-order valence-electron chi connectivity index (χ1n) is 10.2. The van der Waals surface area contributed by atoms with Crippen LogP contribution >= 0.6 is 0 Å². The van der Waals surface area contributed by atoms with Crippen LogP contribution in [0.15, 0.2) is 24.8 Å². The molecule has 0 spiro atoms. The topological polar surface area (TPSA) is 98.0 Å². The van der Waals surface area contributed by atoms with E-state index < -0.39 is 0 Å². The maximum absolute atomic E-state index is 12.6. The molecule has 2 saturated heterocycles. The van der Waals surface area contributed by atoms with Gasteiger partial charge in [-0.25, -0.2) is 4.98 Å². The molecule has 8 heteroatoms. The number of nitriles is 1. The van der Waals surface area contributed by atoms with Gasteiger partial charge in [0, 0.05) is 45.6 Å². The highest BCUT2D eigenvalue weighted by molar-refractivity contribution is 5.93. The van der Waals surface area contributed by atoms with Gasteiger partial charge < -0.3 is 19.4 Å². The number of hydrogen-bond donors (Lipinski definition) is 1. The summed E-state index contributed by atoms with van der Waals surface area (Å²) in [5.41, 5.74) is 1.48. The van der Waals surface area contributed by atoms with E-state index in [0.29, 0.717) is 28.8 Å². The molecule has 2 aromatic rings. The second kappa shape index (κ2) is 8.11. The van der Waals surface area contributed by atoms with Gasteiger partial charge >= 0.3 is 0 Å². The van der Waals surface area contributed by atoms with Gasteiger partial charge in [-0.2, -0.15) is 5.26 Å². The molecule has 0 atom stereocenters. The first kappa shape index (κ1) is 19.2. The van der Waals surface area contributed by atoms with Crippen LogP contribution in [0.2, 0.25) is 0 Å². The Kier molecular flexibility index (Phi) is 5.38. The predicted octanol–water partition coefficient (Wildman–Crippen LogP) is 2.02. The first-order valence-corrected chi connectivity index (χ1v) is 10.2. The van der Waals surface area contributed by atoms with Gasteiger partial charge in [-0.15, -0.1) is 0 Å². The highest BCUT2D eigenvalue weighted by Crippen LogP contribution is 2.33. The lowest BCUT2D eigenvalue weighted by Gasteiger charge is -2.40. The Hall–Kier alpha value is -3.08. The van der Waals surface area contributed by atoms with E-state index in [4.69, 9.17) is 5.26 Å². The molecule has 0 bridgehead atoms. The summed E-state index contributed by atoms with van der Waals surface area (Å²) in [6.07, 6.45) is 9.01. The first-order chi connectivity index (χ1) is 14.0. The molecular weight excluding hydrogens is 368 g/mol. The molecular formula is C21H26N6O2. The van der Waals surface area contributed by atoms with Crippen molar-refractivity contribution in [1.29, 1.82) is 5.26 Å². The van der Waals surface area contributed by atoms with Gasteiger partial charge in [0.15, 0.2) is 0 Å². The molecule has 2 fully saturated rings. The monoisotopic (exact) mass is 394 g/mol. The Morgan fingerprint density at radius 2 is 1.66 bits per heavy atom. The lowest BCUT2D eigenvalue weighted by molar-refractivity contribution is 0.0532. The van der Waals surface area contributed by atoms with Crippen LogP contribution in [0.4, 0.5) is 0 Å². The van der Waals surface area contributed by atoms with Gasteiger partial charge in [0.25, 0.3) is 11.8 Å². The number of rotatable bonds is 3. The van der Waals surface area contributed by atoms with E-state index in [9.17, 15) is 9.59 Å². The molecule has 152 valence electrons. The van der Waals surface area contributed by atoms with Crippen molar-refractivity contribution in [3.8, 4) is 6.07 Å². The molecule has 0 radical (unpaired) electrons. The van der Waals surface area contributed by atoms with Gasteiger partial charge in [-0.1, -0.05) is 0 Å². The molecule has 1 N–H and O–H groups in total. The second-order valence-electron chi connectivity index (χ2n) is 8.10. The summed E-state index contributed by atoms with van der Waals surface area (Å²) < 4.78 is 1.80. The zero-order valence-electron chi connectivity index (χ0n) is 16.7. The number of nitrogens with zero attached hydrogens (tertiary/aromatic N) is 5. The Balaban J connectivity index is 1.26. The summed E-state index contributed by atoms with van der Waals surface area (Å²) in [6.45, 7) is 3.05. The average molecular weight is 394 g/mol. The number of hydrogen-bond acceptors (Lipinski definition) is 4. The van der Waals surface area contributed by atoms with Crippen LogP contribution in [0.3, 0.4) is 0 Å². The Labute approximate surface area is 170 Å². The molecule has 2 aromatic heterocycles. The highest BCUT2D eigenvalue weighted by Gasteiger charge is 2.33. The highest BCUT2D eigenvalue weighted by atomic mass is 16.2. The molecule has 29 heavy (non-hydrogen) atoms. The molecule has 2 amide bonds. The largest absolute Gasteiger partial charge is 0.356 e. The SMILES string of the molecule is Cn1cnc(C(=O)N2CCC(C3CCN(C(=O)c4cc(C#N)c[nH]4)CC3)CC2)c1. The van der Waals surface area contributed by atoms with Crippen molar-refractivity contribution in [1.82, 2.24) is 24.3 Å². The fourth-order valence-electron chi connectivity index (χ4n) is 4.59. The van der Waals surface area contributed by atoms with E-state index in [1.54, 1.807) is 29.4 Å². The van der Waals surface area contributed by atoms with Gasteiger partial charge in [0.05, 0.1) is 11.9 Å². The van der Waals surface area contributed by atoms with Crippen LogP contribution in [0, 0.1) is 23.2 Å². The molecule has 4 heterocycles. The minimum Gasteiger partial charge on any atom is -0.356 e. The van der Waals surface area contributed by atoms with Crippen LogP contribution in [-0.4, -0.2) is 62.3 Å². The minimum atomic E-state index is -0.0271. The van der Waals surface area contributed by atoms with Gasteiger partial charge in [0.2, 0.25) is 0 Å². The number of likely N-dealkylation sites (tertiary alicyclic amines) is 2. The summed E-state index contributed by atoms with van der Waals surface area (Å²) in [7, 11) is 1.87. The van der Waals surface area contributed by atoms with Crippen molar-refractivity contribution >= 4 is 11.8 Å². The molecule has 2 aliphatic heterocycles. The number of carbonyl (C=O) groups is 2. The Bertz CT molecular complexity index is 923. The van der Waals surface area contributed by atoms with Crippen molar-refractivity contribution in [2.24, 2.45) is 18.9 Å². The molecule has 8 nitrogen and oxygen atoms in total. The third-order valence-corrected chi connectivity index (χ3v) is 6.29. The summed E-state index contributed by atoms with van der Waals surface area (Å²) >= 11 is 0. The number of carbonyl (C=O) groups excluding carboxylic acids is 2. The van der Waals surface area contributed by atoms with E-state index in [2.05, 4.69) is 9.97 Å². The number of amides is 2. The van der Waals surface area contributed by atoms with Crippen LogP contribution < -0.4 is 0 Å². The standard InChI is InChI=1S/C21H26N6O2/c1-25-13-19(24-14-25)21(29)27-8-4-17(5-9-27)16-2-6-26(7-3-16)20(28)18-10-15(11-22)12-23-18/h10,12-14,16-17,23H,2-9H2,1H3. The smallest absolute Gasteiger partial charge is 0.274 e. The fourth-order valence-corrected chi connectivity index (χ4v) is 4.59. The summed E-state index contributed by atoms with van der Waals surface area (Å²) in [4.78, 5) is 36.0. The van der Waals surface area contributed by atoms with Gasteiger partial charge in [-0.3, -0.25) is 9.59 Å². The summed E-state index contributed by atoms with van der Waals surface area (Å²) in [5.74, 6) is 1.20. The fraction of sp³-hybridized carbons (Fsp3) is 0.524. The number of imidazole rings is 1. The Morgan fingerprint density at radius 1 is 1.07 bits per heavy atom. The number of H-pyrrole nitrogens is 1. The molecule has 2 aliphatic rings. The third kappa shape index (κ3) is 4.04. The van der Waals surface area contributed by atoms with Gasteiger partial charge in [-0.05, 0) is 43.6 Å². The zero-order chi connectivity index (χ0) is 20.4. The maximum Gasteiger partial charge on any atom is 0.274 e. The van der Waals surface area contributed by atoms with E-state index >= 15 is 0 Å². The van der Waals surface area contributed by atoms with Gasteiger partial charge in [0.1, 0.15) is 17.5 Å². The molecule has 0 aliphatic carbocycles. The van der Waals surface area contributed by atoms with E-state index in [1.165, 1.54) is 0 Å². The number of piperidine rings is 2. The maximum atomic E-state index is 12.6. The average Bonchev–Trinajstić information content (AvgIpc) is 3.42. The number of aromatic nitrogens is 3. The van der Waals surface area contributed by atoms with Crippen molar-refractivity contribution in [2.45, 2.75) is 25.7 Å². The van der Waals surface area contributed by atoms with Crippen LogP contribution in [0.1, 0.15) is 52.2 Å². The third-order valence-electron chi connectivity index (χ3n) is 6.29. The van der Waals surface area contributed by atoms with Crippen LogP contribution in [0.5, 0.6) is 0 Å². The van der Waals surface area contributed by atoms with Crippen molar-refractivity contribution in [3.05, 3.63) is 41.7 Å². The molecule has 0 unspecified atom stereocenters. The molecule has 0 saturated carbocycles. The Morgan fingerprint density at radius 3 is 2.14 bits per heavy atom. The minimum absolute atomic E-state index is 0.0205. The van der Waals surface area contributed by atoms with E-state index in [0.717, 1.165) is 51.9 Å². The van der Waals surface area contributed by atoms with Crippen LogP contribution in [0.25, 0.3) is 0 Å². The lowest BCUT2D eigenvalue weighted by atomic mass is 9.78. The second-order valence-corrected chi connectivity index (χ2v) is 8.10. The zero-order valence-corrected chi connectivity index (χ0v) is 16.7. The van der Waals surface area contributed by atoms with Crippen LogP contribution in [-0.2, 0) is 7.05 Å². The van der Waals surface area contributed by atoms with Crippen molar-refractivity contribution in [2.75, 3.05) is 26.2 Å². The van der Waals surface area contributed by atoms with E-state index in [-0.39, 0.29) is 11.8 Å². The van der Waals surface area contributed by atoms with E-state index in [1.807, 2.05) is 22.9 Å². The number of aryl methyl sites for hydroxylation is 1. The summed E-state index contributed by atoms with van der Waals surface area (Å²) in [5, 5.41) is 8.92. The lowest BCUT2D eigenvalue weighted by Crippen LogP contribution is -2.44. The number of nitrogens with one attached hydrogen (secondary N) is 1. The quantitative estimate of drug-likeness (QED) is 0.861. The molecule has 0 aromatic carbocycles. The normalized spacial score (nSPS) is 18.6. The molecule has 4 rings (SSSR count). The van der Waals surface area contributed by atoms with Crippen molar-refractivity contribution < 1.29 is 9.59 Å². The summed E-state index contributed by atoms with van der Waals surface area (Å²) in [6, 6.07) is 3.66. The van der Waals surface area contributed by atoms with Crippen molar-refractivity contribution in [3.63, 3.8) is 0 Å².